The van der Waals surface area contributed by atoms with E-state index in [0.717, 1.165) is 22.5 Å². The van der Waals surface area contributed by atoms with Crippen molar-refractivity contribution in [1.82, 2.24) is 0 Å². The van der Waals surface area contributed by atoms with Gasteiger partial charge in [0.1, 0.15) is 11.9 Å². The zero-order valence-corrected chi connectivity index (χ0v) is 12.6. The molecule has 0 aromatic heterocycles. The second-order valence-electron chi connectivity index (χ2n) is 4.90. The summed E-state index contributed by atoms with van der Waals surface area (Å²) in [5.41, 5.74) is 2.31. The summed E-state index contributed by atoms with van der Waals surface area (Å²) in [6.07, 6.45) is -0.174. The van der Waals surface area contributed by atoms with Gasteiger partial charge >= 0.3 is 0 Å². The smallest absolute Gasteiger partial charge is 0.143 e. The Morgan fingerprint density at radius 1 is 1.20 bits per heavy atom. The summed E-state index contributed by atoms with van der Waals surface area (Å²) in [5, 5.41) is 9.39. The first-order valence-corrected chi connectivity index (χ1v) is 7.41. The van der Waals surface area contributed by atoms with Crippen LogP contribution in [0.3, 0.4) is 0 Å². The topological polar surface area (TPSA) is 32.7 Å². The summed E-state index contributed by atoms with van der Waals surface area (Å²) >= 11 is 3.50. The van der Waals surface area contributed by atoms with Gasteiger partial charge in [-0.15, -0.1) is 0 Å². The lowest BCUT2D eigenvalue weighted by Gasteiger charge is -2.35. The van der Waals surface area contributed by atoms with Crippen LogP contribution in [0.15, 0.2) is 53.0 Å². The lowest BCUT2D eigenvalue weighted by molar-refractivity contribution is 0.112. The Hall–Kier alpha value is -1.52. The second kappa shape index (κ2) is 5.85. The molecule has 1 aliphatic rings. The Morgan fingerprint density at radius 2 is 2.00 bits per heavy atom. The van der Waals surface area contributed by atoms with E-state index in [2.05, 4.69) is 39.0 Å². The maximum absolute atomic E-state index is 9.39. The Morgan fingerprint density at radius 3 is 2.75 bits per heavy atom. The van der Waals surface area contributed by atoms with Gasteiger partial charge in [0, 0.05) is 11.0 Å². The molecule has 0 bridgehead atoms. The SMILES string of the molecule is OC[C@H]1CN(Cc2ccccc2)c2cc(Br)ccc2O1. The third kappa shape index (κ3) is 2.81. The summed E-state index contributed by atoms with van der Waals surface area (Å²) in [6, 6.07) is 16.3. The van der Waals surface area contributed by atoms with Crippen molar-refractivity contribution in [2.24, 2.45) is 0 Å². The predicted octanol–water partition coefficient (Wildman–Crippen LogP) is 3.21. The van der Waals surface area contributed by atoms with Crippen molar-refractivity contribution in [3.8, 4) is 5.75 Å². The number of nitrogens with zero attached hydrogens (tertiary/aromatic N) is 1. The van der Waals surface area contributed by atoms with E-state index in [4.69, 9.17) is 4.74 Å². The van der Waals surface area contributed by atoms with E-state index in [1.807, 2.05) is 30.3 Å². The normalized spacial score (nSPS) is 17.5. The molecule has 0 saturated heterocycles. The van der Waals surface area contributed by atoms with Gasteiger partial charge in [-0.05, 0) is 23.8 Å². The second-order valence-corrected chi connectivity index (χ2v) is 5.82. The molecule has 1 atom stereocenters. The molecular formula is C16H16BrNO2. The van der Waals surface area contributed by atoms with Crippen LogP contribution >= 0.6 is 15.9 Å². The van der Waals surface area contributed by atoms with E-state index in [1.54, 1.807) is 0 Å². The van der Waals surface area contributed by atoms with Crippen molar-refractivity contribution in [3.05, 3.63) is 58.6 Å². The molecule has 2 aromatic carbocycles. The van der Waals surface area contributed by atoms with Crippen molar-refractivity contribution in [1.29, 1.82) is 0 Å². The zero-order chi connectivity index (χ0) is 13.9. The van der Waals surface area contributed by atoms with Gasteiger partial charge < -0.3 is 14.7 Å². The van der Waals surface area contributed by atoms with Crippen LogP contribution in [-0.2, 0) is 6.54 Å². The van der Waals surface area contributed by atoms with Gasteiger partial charge in [0.15, 0.2) is 0 Å². The van der Waals surface area contributed by atoms with Gasteiger partial charge in [-0.1, -0.05) is 46.3 Å². The van der Waals surface area contributed by atoms with Crippen molar-refractivity contribution in [2.45, 2.75) is 12.6 Å². The van der Waals surface area contributed by atoms with Crippen molar-refractivity contribution >= 4 is 21.6 Å². The molecule has 3 nitrogen and oxygen atoms in total. The van der Waals surface area contributed by atoms with Crippen molar-refractivity contribution in [3.63, 3.8) is 0 Å². The molecule has 0 spiro atoms. The monoisotopic (exact) mass is 333 g/mol. The van der Waals surface area contributed by atoms with E-state index in [0.29, 0.717) is 6.54 Å². The number of benzene rings is 2. The average molecular weight is 334 g/mol. The van der Waals surface area contributed by atoms with Crippen LogP contribution in [0, 0.1) is 0 Å². The Kier molecular flexibility index (Phi) is 3.94. The summed E-state index contributed by atoms with van der Waals surface area (Å²) in [4.78, 5) is 2.25. The molecule has 0 amide bonds. The lowest BCUT2D eigenvalue weighted by Crippen LogP contribution is -2.41. The minimum atomic E-state index is -0.174. The Bertz CT molecular complexity index is 588. The molecule has 1 aliphatic heterocycles. The number of aliphatic hydroxyl groups is 1. The van der Waals surface area contributed by atoms with Gasteiger partial charge in [-0.25, -0.2) is 0 Å². The molecule has 4 heteroatoms. The van der Waals surface area contributed by atoms with Crippen LogP contribution in [0.4, 0.5) is 5.69 Å². The van der Waals surface area contributed by atoms with Gasteiger partial charge in [0.25, 0.3) is 0 Å². The molecule has 3 rings (SSSR count). The highest BCUT2D eigenvalue weighted by molar-refractivity contribution is 9.10. The number of halogens is 1. The van der Waals surface area contributed by atoms with Crippen LogP contribution in [0.2, 0.25) is 0 Å². The molecule has 0 aliphatic carbocycles. The first-order chi connectivity index (χ1) is 9.76. The molecule has 1 N–H and O–H groups in total. The van der Waals surface area contributed by atoms with Gasteiger partial charge in [-0.3, -0.25) is 0 Å². The number of ether oxygens (including phenoxy) is 1. The maximum atomic E-state index is 9.39. The predicted molar refractivity (Wildman–Crippen MR) is 83.1 cm³/mol. The molecule has 0 fully saturated rings. The number of rotatable bonds is 3. The third-order valence-corrected chi connectivity index (χ3v) is 3.89. The first-order valence-electron chi connectivity index (χ1n) is 6.62. The average Bonchev–Trinajstić information content (AvgIpc) is 2.48. The molecule has 0 saturated carbocycles. The fourth-order valence-corrected chi connectivity index (χ4v) is 2.80. The molecule has 104 valence electrons. The number of fused-ring (bicyclic) bond motifs is 1. The van der Waals surface area contributed by atoms with E-state index in [-0.39, 0.29) is 12.7 Å². The third-order valence-electron chi connectivity index (χ3n) is 3.40. The van der Waals surface area contributed by atoms with Crippen LogP contribution in [-0.4, -0.2) is 24.4 Å². The minimum absolute atomic E-state index is 0.0286. The fourth-order valence-electron chi connectivity index (χ4n) is 2.45. The number of hydrogen-bond acceptors (Lipinski definition) is 3. The van der Waals surface area contributed by atoms with Gasteiger partial charge in [0.2, 0.25) is 0 Å². The molecule has 1 heterocycles. The minimum Gasteiger partial charge on any atom is -0.484 e. The highest BCUT2D eigenvalue weighted by atomic mass is 79.9. The highest BCUT2D eigenvalue weighted by Crippen LogP contribution is 2.36. The Balaban J connectivity index is 1.91. The van der Waals surface area contributed by atoms with Crippen molar-refractivity contribution in [2.75, 3.05) is 18.1 Å². The summed E-state index contributed by atoms with van der Waals surface area (Å²) < 4.78 is 6.82. The summed E-state index contributed by atoms with van der Waals surface area (Å²) in [5.74, 6) is 0.828. The van der Waals surface area contributed by atoms with Gasteiger partial charge in [0.05, 0.1) is 18.8 Å². The van der Waals surface area contributed by atoms with Gasteiger partial charge in [-0.2, -0.15) is 0 Å². The van der Waals surface area contributed by atoms with Crippen LogP contribution < -0.4 is 9.64 Å². The molecule has 0 radical (unpaired) electrons. The summed E-state index contributed by atoms with van der Waals surface area (Å²) in [7, 11) is 0. The Labute approximate surface area is 126 Å². The van der Waals surface area contributed by atoms with E-state index < -0.39 is 0 Å². The quantitative estimate of drug-likeness (QED) is 0.936. The highest BCUT2D eigenvalue weighted by Gasteiger charge is 2.25. The van der Waals surface area contributed by atoms with E-state index in [9.17, 15) is 5.11 Å². The number of anilines is 1. The largest absolute Gasteiger partial charge is 0.484 e. The molecule has 0 unspecified atom stereocenters. The maximum Gasteiger partial charge on any atom is 0.143 e. The van der Waals surface area contributed by atoms with Crippen LogP contribution in [0.1, 0.15) is 5.56 Å². The first kappa shape index (κ1) is 13.5. The van der Waals surface area contributed by atoms with Crippen LogP contribution in [0.25, 0.3) is 0 Å². The van der Waals surface area contributed by atoms with Crippen LogP contribution in [0.5, 0.6) is 5.75 Å². The lowest BCUT2D eigenvalue weighted by atomic mass is 10.1. The fraction of sp³-hybridized carbons (Fsp3) is 0.250. The molecule has 2 aromatic rings. The zero-order valence-electron chi connectivity index (χ0n) is 11.0. The molecular weight excluding hydrogens is 318 g/mol. The molecule has 20 heavy (non-hydrogen) atoms. The number of aliphatic hydroxyl groups excluding tert-OH is 1. The van der Waals surface area contributed by atoms with E-state index >= 15 is 0 Å². The standard InChI is InChI=1S/C16H16BrNO2/c17-13-6-7-16-15(8-13)18(10-14(11-19)20-16)9-12-4-2-1-3-5-12/h1-8,14,19H,9-11H2/t14-/m1/s1. The van der Waals surface area contributed by atoms with E-state index in [1.165, 1.54) is 5.56 Å². The summed E-state index contributed by atoms with van der Waals surface area (Å²) in [6.45, 7) is 1.53. The van der Waals surface area contributed by atoms with Crippen molar-refractivity contribution < 1.29 is 9.84 Å². The number of hydrogen-bond donors (Lipinski definition) is 1.